The van der Waals surface area contributed by atoms with Gasteiger partial charge in [0.2, 0.25) is 17.7 Å². The first-order chi connectivity index (χ1) is 14.3. The second-order valence-electron chi connectivity index (χ2n) is 7.44. The standard InChI is InChI=1S/C21H26N4O4S/c1-12-10-18(25-29-12)24-20(27)14(3)30-11-19(26)22-13(2)15-6-8-17(9-7-15)23-21(28)16-4-5-16/h6-10,13-14,16H,4-5,11H2,1-3H3,(H,22,26)(H,23,28)(H,24,25,27)/t13-,14-/m1/s1. The molecule has 1 aliphatic carbocycles. The van der Waals surface area contributed by atoms with E-state index in [-0.39, 0.29) is 35.4 Å². The van der Waals surface area contributed by atoms with Crippen molar-refractivity contribution in [2.24, 2.45) is 5.92 Å². The largest absolute Gasteiger partial charge is 0.360 e. The van der Waals surface area contributed by atoms with E-state index in [4.69, 9.17) is 4.52 Å². The molecule has 1 saturated carbocycles. The molecule has 1 aromatic carbocycles. The number of thioether (sulfide) groups is 1. The minimum Gasteiger partial charge on any atom is -0.360 e. The monoisotopic (exact) mass is 430 g/mol. The van der Waals surface area contributed by atoms with E-state index < -0.39 is 5.25 Å². The molecule has 3 N–H and O–H groups in total. The molecule has 30 heavy (non-hydrogen) atoms. The van der Waals surface area contributed by atoms with Crippen molar-refractivity contribution in [1.82, 2.24) is 10.5 Å². The Morgan fingerprint density at radius 2 is 1.87 bits per heavy atom. The van der Waals surface area contributed by atoms with Gasteiger partial charge < -0.3 is 20.5 Å². The number of amides is 3. The molecule has 0 bridgehead atoms. The van der Waals surface area contributed by atoms with Crippen LogP contribution in [0.4, 0.5) is 11.5 Å². The van der Waals surface area contributed by atoms with Crippen LogP contribution in [0.15, 0.2) is 34.9 Å². The maximum absolute atomic E-state index is 12.3. The zero-order valence-corrected chi connectivity index (χ0v) is 18.0. The van der Waals surface area contributed by atoms with E-state index in [1.54, 1.807) is 19.9 Å². The molecule has 0 spiro atoms. The van der Waals surface area contributed by atoms with Gasteiger partial charge in [0.15, 0.2) is 5.82 Å². The maximum Gasteiger partial charge on any atom is 0.238 e. The van der Waals surface area contributed by atoms with Gasteiger partial charge in [0.1, 0.15) is 5.76 Å². The Morgan fingerprint density at radius 3 is 2.47 bits per heavy atom. The number of nitrogens with zero attached hydrogens (tertiary/aromatic N) is 1. The van der Waals surface area contributed by atoms with E-state index in [1.807, 2.05) is 31.2 Å². The zero-order valence-electron chi connectivity index (χ0n) is 17.2. The number of carbonyl (C=O) groups is 3. The van der Waals surface area contributed by atoms with Gasteiger partial charge in [0.25, 0.3) is 0 Å². The van der Waals surface area contributed by atoms with Gasteiger partial charge in [0.05, 0.1) is 17.0 Å². The number of rotatable bonds is 9. The number of aromatic nitrogens is 1. The molecule has 0 aliphatic heterocycles. The highest BCUT2D eigenvalue weighted by Crippen LogP contribution is 2.30. The van der Waals surface area contributed by atoms with Crippen molar-refractivity contribution >= 4 is 41.0 Å². The predicted octanol–water partition coefficient (Wildman–Crippen LogP) is 3.27. The SMILES string of the molecule is Cc1cc(NC(=O)[C@@H](C)SCC(=O)N[C@H](C)c2ccc(NC(=O)C3CC3)cc2)no1. The Bertz CT molecular complexity index is 908. The molecule has 1 heterocycles. The predicted molar refractivity (Wildman–Crippen MR) is 116 cm³/mol. The van der Waals surface area contributed by atoms with Crippen LogP contribution in [0.1, 0.15) is 44.1 Å². The first-order valence-electron chi connectivity index (χ1n) is 9.88. The fraction of sp³-hybridized carbons (Fsp3) is 0.429. The minimum absolute atomic E-state index is 0.0676. The highest BCUT2D eigenvalue weighted by Gasteiger charge is 2.29. The molecular weight excluding hydrogens is 404 g/mol. The van der Waals surface area contributed by atoms with E-state index in [2.05, 4.69) is 21.1 Å². The summed E-state index contributed by atoms with van der Waals surface area (Å²) in [4.78, 5) is 36.2. The second kappa shape index (κ2) is 9.80. The highest BCUT2D eigenvalue weighted by molar-refractivity contribution is 8.01. The van der Waals surface area contributed by atoms with Crippen molar-refractivity contribution in [2.45, 2.75) is 44.9 Å². The first-order valence-corrected chi connectivity index (χ1v) is 10.9. The van der Waals surface area contributed by atoms with Gasteiger partial charge in [-0.2, -0.15) is 0 Å². The van der Waals surface area contributed by atoms with Gasteiger partial charge in [-0.1, -0.05) is 17.3 Å². The lowest BCUT2D eigenvalue weighted by Crippen LogP contribution is -2.30. The van der Waals surface area contributed by atoms with Crippen LogP contribution in [0.3, 0.4) is 0 Å². The summed E-state index contributed by atoms with van der Waals surface area (Å²) in [5, 5.41) is 11.8. The van der Waals surface area contributed by atoms with Gasteiger partial charge in [-0.05, 0) is 51.3 Å². The molecule has 2 atom stereocenters. The quantitative estimate of drug-likeness (QED) is 0.563. The van der Waals surface area contributed by atoms with Crippen molar-refractivity contribution in [3.8, 4) is 0 Å². The molecule has 3 amide bonds. The zero-order chi connectivity index (χ0) is 21.7. The number of hydrogen-bond acceptors (Lipinski definition) is 6. The summed E-state index contributed by atoms with van der Waals surface area (Å²) in [5.74, 6) is 0.959. The molecule has 3 rings (SSSR count). The molecule has 160 valence electrons. The molecule has 0 radical (unpaired) electrons. The van der Waals surface area contributed by atoms with Crippen LogP contribution < -0.4 is 16.0 Å². The third-order valence-electron chi connectivity index (χ3n) is 4.72. The van der Waals surface area contributed by atoms with E-state index >= 15 is 0 Å². The maximum atomic E-state index is 12.3. The Hall–Kier alpha value is -2.81. The molecule has 1 aromatic heterocycles. The lowest BCUT2D eigenvalue weighted by atomic mass is 10.1. The number of anilines is 2. The average molecular weight is 431 g/mol. The Morgan fingerprint density at radius 1 is 1.17 bits per heavy atom. The van der Waals surface area contributed by atoms with Crippen molar-refractivity contribution in [3.05, 3.63) is 41.7 Å². The van der Waals surface area contributed by atoms with E-state index in [1.165, 1.54) is 11.8 Å². The van der Waals surface area contributed by atoms with Crippen LogP contribution in [0.5, 0.6) is 0 Å². The van der Waals surface area contributed by atoms with Gasteiger partial charge in [0, 0.05) is 17.7 Å². The smallest absolute Gasteiger partial charge is 0.238 e. The fourth-order valence-corrected chi connectivity index (χ4v) is 3.44. The molecule has 0 unspecified atom stereocenters. The van der Waals surface area contributed by atoms with Crippen molar-refractivity contribution in [3.63, 3.8) is 0 Å². The molecule has 0 saturated heterocycles. The number of carbonyl (C=O) groups excluding carboxylic acids is 3. The number of nitrogens with one attached hydrogen (secondary N) is 3. The summed E-state index contributed by atoms with van der Waals surface area (Å²) in [7, 11) is 0. The number of hydrogen-bond donors (Lipinski definition) is 3. The molecular formula is C21H26N4O4S. The van der Waals surface area contributed by atoms with Gasteiger partial charge in [-0.3, -0.25) is 14.4 Å². The normalized spacial score (nSPS) is 15.2. The Balaban J connectivity index is 1.41. The summed E-state index contributed by atoms with van der Waals surface area (Å²) >= 11 is 1.24. The van der Waals surface area contributed by atoms with Crippen LogP contribution in [-0.2, 0) is 14.4 Å². The van der Waals surface area contributed by atoms with E-state index in [9.17, 15) is 14.4 Å². The summed E-state index contributed by atoms with van der Waals surface area (Å²) in [6.45, 7) is 5.37. The summed E-state index contributed by atoms with van der Waals surface area (Å²) in [5.41, 5.74) is 1.69. The lowest BCUT2D eigenvalue weighted by Gasteiger charge is -2.16. The molecule has 8 nitrogen and oxygen atoms in total. The molecule has 1 fully saturated rings. The third kappa shape index (κ3) is 6.35. The molecule has 2 aromatic rings. The van der Waals surface area contributed by atoms with Gasteiger partial charge in [-0.25, -0.2) is 0 Å². The molecule has 9 heteroatoms. The van der Waals surface area contributed by atoms with Crippen LogP contribution in [0.2, 0.25) is 0 Å². The van der Waals surface area contributed by atoms with E-state index in [0.29, 0.717) is 11.6 Å². The van der Waals surface area contributed by atoms with Gasteiger partial charge in [-0.15, -0.1) is 11.8 Å². The lowest BCUT2D eigenvalue weighted by molar-refractivity contribution is -0.119. The van der Waals surface area contributed by atoms with Crippen molar-refractivity contribution < 1.29 is 18.9 Å². The van der Waals surface area contributed by atoms with Crippen LogP contribution >= 0.6 is 11.8 Å². The Labute approximate surface area is 179 Å². The molecule has 1 aliphatic rings. The Kier molecular flexibility index (Phi) is 7.15. The van der Waals surface area contributed by atoms with Crippen LogP contribution in [0, 0.1) is 12.8 Å². The van der Waals surface area contributed by atoms with Gasteiger partial charge >= 0.3 is 0 Å². The van der Waals surface area contributed by atoms with Crippen LogP contribution in [0.25, 0.3) is 0 Å². The average Bonchev–Trinajstić information content (AvgIpc) is 3.49. The highest BCUT2D eigenvalue weighted by atomic mass is 32.2. The van der Waals surface area contributed by atoms with Crippen molar-refractivity contribution in [2.75, 3.05) is 16.4 Å². The minimum atomic E-state index is -0.419. The second-order valence-corrected chi connectivity index (χ2v) is 8.77. The summed E-state index contributed by atoms with van der Waals surface area (Å²) in [6.07, 6.45) is 1.93. The summed E-state index contributed by atoms with van der Waals surface area (Å²) in [6, 6.07) is 8.89. The van der Waals surface area contributed by atoms with Crippen molar-refractivity contribution in [1.29, 1.82) is 0 Å². The first kappa shape index (κ1) is 21.9. The number of benzene rings is 1. The van der Waals surface area contributed by atoms with E-state index in [0.717, 1.165) is 24.1 Å². The number of aryl methyl sites for hydroxylation is 1. The summed E-state index contributed by atoms with van der Waals surface area (Å²) < 4.78 is 4.91. The van der Waals surface area contributed by atoms with Crippen LogP contribution in [-0.4, -0.2) is 33.9 Å². The fourth-order valence-electron chi connectivity index (χ4n) is 2.74. The third-order valence-corrected chi connectivity index (χ3v) is 5.86. The topological polar surface area (TPSA) is 113 Å².